The Morgan fingerprint density at radius 1 is 0.969 bits per heavy atom. The van der Waals surface area contributed by atoms with E-state index < -0.39 is 9.84 Å². The second kappa shape index (κ2) is 8.90. The van der Waals surface area contributed by atoms with Crippen LogP contribution in [0.5, 0.6) is 0 Å². The second-order valence-electron chi connectivity index (χ2n) is 7.78. The van der Waals surface area contributed by atoms with Crippen LogP contribution in [0.3, 0.4) is 0 Å². The van der Waals surface area contributed by atoms with E-state index in [0.717, 1.165) is 31.3 Å². The van der Waals surface area contributed by atoms with E-state index in [1.165, 1.54) is 0 Å². The van der Waals surface area contributed by atoms with Gasteiger partial charge in [0.1, 0.15) is 0 Å². The fraction of sp³-hybridized carbons (Fsp3) is 0.217. The summed E-state index contributed by atoms with van der Waals surface area (Å²) < 4.78 is 26.9. The first-order valence-electron chi connectivity index (χ1n) is 10.3. The first kappa shape index (κ1) is 22.3. The monoisotopic (exact) mass is 470 g/mol. The molecule has 1 aromatic heterocycles. The molecule has 2 heterocycles. The lowest BCUT2D eigenvalue weighted by Gasteiger charge is -2.21. The predicted octanol–water partition coefficient (Wildman–Crippen LogP) is 3.91. The molecule has 0 unspecified atom stereocenters. The first-order valence-corrected chi connectivity index (χ1v) is 11.7. The highest BCUT2D eigenvalue weighted by Crippen LogP contribution is 2.32. The third kappa shape index (κ3) is 3.97. The Labute approximate surface area is 191 Å². The number of aromatic amines is 1. The van der Waals surface area contributed by atoms with Crippen molar-refractivity contribution >= 4 is 55.5 Å². The van der Waals surface area contributed by atoms with Crippen molar-refractivity contribution in [1.82, 2.24) is 15.5 Å². The van der Waals surface area contributed by atoms with Crippen molar-refractivity contribution in [2.75, 3.05) is 18.4 Å². The number of hydrogen-bond donors (Lipinski definition) is 3. The zero-order chi connectivity index (χ0) is 21.4. The number of H-pyrrole nitrogens is 1. The van der Waals surface area contributed by atoms with Gasteiger partial charge in [-0.1, -0.05) is 36.4 Å². The lowest BCUT2D eigenvalue weighted by molar-refractivity contribution is -0.120. The molecule has 0 bridgehead atoms. The summed E-state index contributed by atoms with van der Waals surface area (Å²) in [6, 6.07) is 17.7. The number of aromatic nitrogens is 2. The van der Waals surface area contributed by atoms with Gasteiger partial charge in [0, 0.05) is 22.4 Å². The van der Waals surface area contributed by atoms with Gasteiger partial charge in [-0.25, -0.2) is 8.42 Å². The van der Waals surface area contributed by atoms with Crippen LogP contribution in [0, 0.1) is 5.92 Å². The Morgan fingerprint density at radius 3 is 2.53 bits per heavy atom. The molecule has 1 aliphatic rings. The van der Waals surface area contributed by atoms with E-state index in [9.17, 15) is 13.2 Å². The van der Waals surface area contributed by atoms with E-state index in [2.05, 4.69) is 20.8 Å². The smallest absolute Gasteiger partial charge is 0.227 e. The number of nitrogens with zero attached hydrogens (tertiary/aromatic N) is 1. The Morgan fingerprint density at radius 2 is 1.72 bits per heavy atom. The molecule has 1 saturated heterocycles. The van der Waals surface area contributed by atoms with E-state index in [1.54, 1.807) is 36.4 Å². The fourth-order valence-corrected chi connectivity index (χ4v) is 5.72. The van der Waals surface area contributed by atoms with Crippen LogP contribution < -0.4 is 10.6 Å². The van der Waals surface area contributed by atoms with Gasteiger partial charge >= 0.3 is 0 Å². The second-order valence-corrected chi connectivity index (χ2v) is 9.63. The SMILES string of the molecule is Cl.O=C(Nc1ccc2c(S(=O)(=O)c3cccc4ccccc34)[nH]nc2c1)C1CCNCC1. The van der Waals surface area contributed by atoms with Gasteiger partial charge in [0.15, 0.2) is 5.03 Å². The van der Waals surface area contributed by atoms with Gasteiger partial charge in [-0.2, -0.15) is 5.10 Å². The van der Waals surface area contributed by atoms with E-state index in [0.29, 0.717) is 22.0 Å². The summed E-state index contributed by atoms with van der Waals surface area (Å²) in [6.45, 7) is 1.68. The molecule has 32 heavy (non-hydrogen) atoms. The zero-order valence-corrected chi connectivity index (χ0v) is 18.8. The maximum absolute atomic E-state index is 13.4. The number of carbonyl (C=O) groups excluding carboxylic acids is 1. The molecule has 5 rings (SSSR count). The number of sulfone groups is 1. The van der Waals surface area contributed by atoms with Gasteiger partial charge < -0.3 is 10.6 Å². The highest BCUT2D eigenvalue weighted by Gasteiger charge is 2.25. The van der Waals surface area contributed by atoms with Crippen LogP contribution in [0.4, 0.5) is 5.69 Å². The molecule has 0 spiro atoms. The van der Waals surface area contributed by atoms with Crippen molar-refractivity contribution in [1.29, 1.82) is 0 Å². The molecule has 1 aliphatic heterocycles. The number of anilines is 1. The standard InChI is InChI=1S/C23H22N4O3S.ClH/c28-22(16-10-12-24-13-11-16)25-17-8-9-19-20(14-17)26-27-23(19)31(29,30)21-7-3-5-15-4-1-2-6-18(15)21;/h1-9,14,16,24H,10-13H2,(H,25,28)(H,26,27);1H. The van der Waals surface area contributed by atoms with E-state index in [-0.39, 0.29) is 34.2 Å². The number of nitrogens with one attached hydrogen (secondary N) is 3. The molecule has 7 nitrogen and oxygen atoms in total. The van der Waals surface area contributed by atoms with Gasteiger partial charge in [-0.05, 0) is 55.6 Å². The molecule has 0 saturated carbocycles. The number of amides is 1. The number of benzene rings is 3. The third-order valence-corrected chi connectivity index (χ3v) is 7.59. The van der Waals surface area contributed by atoms with Crippen molar-refractivity contribution in [2.45, 2.75) is 22.8 Å². The molecule has 9 heteroatoms. The van der Waals surface area contributed by atoms with Crippen LogP contribution in [0.1, 0.15) is 12.8 Å². The van der Waals surface area contributed by atoms with Gasteiger partial charge in [0.2, 0.25) is 15.7 Å². The molecule has 1 amide bonds. The van der Waals surface area contributed by atoms with E-state index in [1.807, 2.05) is 24.3 Å². The molecule has 3 N–H and O–H groups in total. The molecule has 4 aromatic rings. The summed E-state index contributed by atoms with van der Waals surface area (Å²) in [4.78, 5) is 12.8. The van der Waals surface area contributed by atoms with Gasteiger partial charge in [0.25, 0.3) is 0 Å². The highest BCUT2D eigenvalue weighted by molar-refractivity contribution is 7.91. The lowest BCUT2D eigenvalue weighted by Crippen LogP contribution is -2.34. The minimum atomic E-state index is -3.81. The third-order valence-electron chi connectivity index (χ3n) is 5.81. The molecule has 0 aliphatic carbocycles. The van der Waals surface area contributed by atoms with Crippen LogP contribution in [0.25, 0.3) is 21.7 Å². The molecule has 0 radical (unpaired) electrons. The van der Waals surface area contributed by atoms with Gasteiger partial charge in [0.05, 0.1) is 10.4 Å². The molecule has 3 aromatic carbocycles. The summed E-state index contributed by atoms with van der Waals surface area (Å²) in [5.41, 5.74) is 1.10. The van der Waals surface area contributed by atoms with Crippen molar-refractivity contribution in [3.05, 3.63) is 60.7 Å². The van der Waals surface area contributed by atoms with Crippen LogP contribution in [-0.4, -0.2) is 37.6 Å². The molecular weight excluding hydrogens is 448 g/mol. The average molecular weight is 471 g/mol. The summed E-state index contributed by atoms with van der Waals surface area (Å²) >= 11 is 0. The van der Waals surface area contributed by atoms with E-state index >= 15 is 0 Å². The zero-order valence-electron chi connectivity index (χ0n) is 17.2. The number of rotatable bonds is 4. The molecule has 0 atom stereocenters. The summed E-state index contributed by atoms with van der Waals surface area (Å²) in [5, 5.41) is 15.2. The lowest BCUT2D eigenvalue weighted by atomic mass is 9.97. The summed E-state index contributed by atoms with van der Waals surface area (Å²) in [6.07, 6.45) is 1.62. The van der Waals surface area contributed by atoms with Crippen LogP contribution in [0.15, 0.2) is 70.6 Å². The van der Waals surface area contributed by atoms with Crippen LogP contribution >= 0.6 is 12.4 Å². The maximum Gasteiger partial charge on any atom is 0.227 e. The Balaban J connectivity index is 0.00000245. The minimum absolute atomic E-state index is 0. The van der Waals surface area contributed by atoms with Crippen molar-refractivity contribution < 1.29 is 13.2 Å². The number of hydrogen-bond acceptors (Lipinski definition) is 5. The van der Waals surface area contributed by atoms with Crippen LogP contribution in [-0.2, 0) is 14.6 Å². The Bertz CT molecular complexity index is 1390. The molecule has 1 fully saturated rings. The first-order chi connectivity index (χ1) is 15.0. The highest BCUT2D eigenvalue weighted by atomic mass is 35.5. The number of piperidine rings is 1. The van der Waals surface area contributed by atoms with Crippen molar-refractivity contribution in [3.63, 3.8) is 0 Å². The Kier molecular flexibility index (Phi) is 6.19. The van der Waals surface area contributed by atoms with E-state index in [4.69, 9.17) is 0 Å². The average Bonchev–Trinajstić information content (AvgIpc) is 3.23. The minimum Gasteiger partial charge on any atom is -0.326 e. The quantitative estimate of drug-likeness (QED) is 0.419. The molecular formula is C23H23ClN4O3S. The summed E-state index contributed by atoms with van der Waals surface area (Å²) in [5.74, 6) is -0.0292. The fourth-order valence-electron chi connectivity index (χ4n) is 4.14. The number of carbonyl (C=O) groups is 1. The van der Waals surface area contributed by atoms with Crippen LogP contribution in [0.2, 0.25) is 0 Å². The summed E-state index contributed by atoms with van der Waals surface area (Å²) in [7, 11) is -3.81. The number of fused-ring (bicyclic) bond motifs is 2. The number of halogens is 1. The van der Waals surface area contributed by atoms with Crippen molar-refractivity contribution in [2.24, 2.45) is 5.92 Å². The predicted molar refractivity (Wildman–Crippen MR) is 127 cm³/mol. The maximum atomic E-state index is 13.4. The normalized spacial score (nSPS) is 14.9. The topological polar surface area (TPSA) is 104 Å². The van der Waals surface area contributed by atoms with Crippen molar-refractivity contribution in [3.8, 4) is 0 Å². The van der Waals surface area contributed by atoms with Gasteiger partial charge in [-0.3, -0.25) is 9.89 Å². The largest absolute Gasteiger partial charge is 0.326 e. The van der Waals surface area contributed by atoms with Gasteiger partial charge in [-0.15, -0.1) is 12.4 Å². The Hall–Kier alpha value is -2.94. The molecule has 166 valence electrons.